The second-order valence-electron chi connectivity index (χ2n) is 3.92. The fourth-order valence-corrected chi connectivity index (χ4v) is 4.13. The van der Waals surface area contributed by atoms with Gasteiger partial charge in [0.25, 0.3) is 10.0 Å². The van der Waals surface area contributed by atoms with Gasteiger partial charge in [0.15, 0.2) is 0 Å². The Labute approximate surface area is 124 Å². The SMILES string of the molecule is Cc1c(Br)cccc1NS(=O)(=O)c1csc(CO)c1. The predicted molar refractivity (Wildman–Crippen MR) is 79.9 cm³/mol. The molecule has 1 aromatic heterocycles. The quantitative estimate of drug-likeness (QED) is 0.878. The number of sulfonamides is 1. The Hall–Kier alpha value is -0.890. The first-order valence-electron chi connectivity index (χ1n) is 5.40. The number of hydrogen-bond donors (Lipinski definition) is 2. The van der Waals surface area contributed by atoms with E-state index < -0.39 is 10.0 Å². The van der Waals surface area contributed by atoms with E-state index in [4.69, 9.17) is 5.11 Å². The van der Waals surface area contributed by atoms with Crippen LogP contribution in [0, 0.1) is 6.92 Å². The normalized spacial score (nSPS) is 11.5. The van der Waals surface area contributed by atoms with Crippen LogP contribution in [0.25, 0.3) is 0 Å². The van der Waals surface area contributed by atoms with Crippen LogP contribution < -0.4 is 4.72 Å². The Bertz CT molecular complexity index is 695. The monoisotopic (exact) mass is 361 g/mol. The van der Waals surface area contributed by atoms with Gasteiger partial charge in [0, 0.05) is 14.7 Å². The van der Waals surface area contributed by atoms with Crippen LogP contribution in [0.1, 0.15) is 10.4 Å². The minimum absolute atomic E-state index is 0.157. The highest BCUT2D eigenvalue weighted by Crippen LogP contribution is 2.27. The molecule has 0 radical (unpaired) electrons. The van der Waals surface area contributed by atoms with Crippen molar-refractivity contribution in [3.8, 4) is 0 Å². The van der Waals surface area contributed by atoms with Crippen LogP contribution in [0.5, 0.6) is 0 Å². The Kier molecular flexibility index (Phi) is 4.29. The van der Waals surface area contributed by atoms with Gasteiger partial charge in [0.2, 0.25) is 0 Å². The molecule has 2 rings (SSSR count). The van der Waals surface area contributed by atoms with Crippen molar-refractivity contribution in [3.63, 3.8) is 0 Å². The van der Waals surface area contributed by atoms with Gasteiger partial charge >= 0.3 is 0 Å². The van der Waals surface area contributed by atoms with Crippen molar-refractivity contribution in [1.82, 2.24) is 0 Å². The minimum atomic E-state index is -3.61. The van der Waals surface area contributed by atoms with Gasteiger partial charge in [0.05, 0.1) is 17.2 Å². The van der Waals surface area contributed by atoms with E-state index >= 15 is 0 Å². The average Bonchev–Trinajstić information content (AvgIpc) is 2.84. The van der Waals surface area contributed by atoms with Crippen LogP contribution in [0.15, 0.2) is 39.0 Å². The maximum atomic E-state index is 12.2. The Balaban J connectivity index is 2.33. The molecule has 0 unspecified atom stereocenters. The second-order valence-corrected chi connectivity index (χ2v) is 7.46. The summed E-state index contributed by atoms with van der Waals surface area (Å²) in [6.07, 6.45) is 0. The molecule has 0 saturated carbocycles. The van der Waals surface area contributed by atoms with Crippen molar-refractivity contribution in [2.24, 2.45) is 0 Å². The van der Waals surface area contributed by atoms with E-state index in [1.54, 1.807) is 12.1 Å². The lowest BCUT2D eigenvalue weighted by molar-refractivity contribution is 0.285. The maximum absolute atomic E-state index is 12.2. The molecule has 0 aliphatic heterocycles. The first kappa shape index (κ1) is 14.5. The molecule has 0 bridgehead atoms. The maximum Gasteiger partial charge on any atom is 0.262 e. The molecule has 0 aliphatic rings. The number of halogens is 1. The van der Waals surface area contributed by atoms with Crippen LogP contribution in [0.4, 0.5) is 5.69 Å². The molecule has 4 nitrogen and oxygen atoms in total. The first-order valence-corrected chi connectivity index (χ1v) is 8.56. The largest absolute Gasteiger partial charge is 0.391 e. The van der Waals surface area contributed by atoms with Crippen molar-refractivity contribution in [2.75, 3.05) is 4.72 Å². The molecule has 7 heteroatoms. The van der Waals surface area contributed by atoms with E-state index in [0.717, 1.165) is 10.0 Å². The third kappa shape index (κ3) is 3.17. The van der Waals surface area contributed by atoms with E-state index in [0.29, 0.717) is 10.6 Å². The van der Waals surface area contributed by atoms with Crippen LogP contribution in [-0.2, 0) is 16.6 Å². The van der Waals surface area contributed by atoms with Gasteiger partial charge < -0.3 is 5.11 Å². The first-order chi connectivity index (χ1) is 8.94. The third-order valence-corrected chi connectivity index (χ3v) is 5.88. The van der Waals surface area contributed by atoms with Gasteiger partial charge in [-0.05, 0) is 30.7 Å². The fourth-order valence-electron chi connectivity index (χ4n) is 1.51. The summed E-state index contributed by atoms with van der Waals surface area (Å²) in [5, 5.41) is 10.5. The van der Waals surface area contributed by atoms with Gasteiger partial charge in [0.1, 0.15) is 0 Å². The molecule has 0 spiro atoms. The third-order valence-electron chi connectivity index (χ3n) is 2.61. The van der Waals surface area contributed by atoms with E-state index in [9.17, 15) is 8.42 Å². The average molecular weight is 362 g/mol. The summed E-state index contributed by atoms with van der Waals surface area (Å²) in [6.45, 7) is 1.67. The standard InChI is InChI=1S/C12H12BrNO3S2/c1-8-11(13)3-2-4-12(8)14-19(16,17)10-5-9(6-15)18-7-10/h2-5,7,14-15H,6H2,1H3. The molecule has 0 amide bonds. The predicted octanol–water partition coefficient (Wildman–Crippen LogP) is 3.11. The van der Waals surface area contributed by atoms with E-state index in [1.165, 1.54) is 22.8 Å². The van der Waals surface area contributed by atoms with Gasteiger partial charge in [-0.2, -0.15) is 0 Å². The highest BCUT2D eigenvalue weighted by Gasteiger charge is 2.17. The van der Waals surface area contributed by atoms with Crippen LogP contribution in [0.3, 0.4) is 0 Å². The summed E-state index contributed by atoms with van der Waals surface area (Å²) in [5.74, 6) is 0. The van der Waals surface area contributed by atoms with Gasteiger partial charge in [-0.15, -0.1) is 11.3 Å². The highest BCUT2D eigenvalue weighted by molar-refractivity contribution is 9.10. The number of nitrogens with one attached hydrogen (secondary N) is 1. The van der Waals surface area contributed by atoms with E-state index in [1.807, 2.05) is 13.0 Å². The van der Waals surface area contributed by atoms with Crippen molar-refractivity contribution in [2.45, 2.75) is 18.4 Å². The molecular weight excluding hydrogens is 350 g/mol. The summed E-state index contributed by atoms with van der Waals surface area (Å²) in [7, 11) is -3.61. The molecule has 2 N–H and O–H groups in total. The number of thiophene rings is 1. The van der Waals surface area contributed by atoms with Gasteiger partial charge in [-0.3, -0.25) is 4.72 Å². The van der Waals surface area contributed by atoms with Gasteiger partial charge in [-0.25, -0.2) is 8.42 Å². The molecule has 2 aromatic rings. The lowest BCUT2D eigenvalue weighted by Gasteiger charge is -2.10. The van der Waals surface area contributed by atoms with E-state index in [-0.39, 0.29) is 11.5 Å². The molecule has 0 atom stereocenters. The van der Waals surface area contributed by atoms with Crippen molar-refractivity contribution in [1.29, 1.82) is 0 Å². The summed E-state index contributed by atoms with van der Waals surface area (Å²) in [5.41, 5.74) is 1.36. The fraction of sp³-hybridized carbons (Fsp3) is 0.167. The van der Waals surface area contributed by atoms with Gasteiger partial charge in [-0.1, -0.05) is 22.0 Å². The Morgan fingerprint density at radius 1 is 1.42 bits per heavy atom. The molecule has 0 fully saturated rings. The number of anilines is 1. The molecule has 1 aromatic carbocycles. The molecule has 19 heavy (non-hydrogen) atoms. The van der Waals surface area contributed by atoms with Crippen LogP contribution in [-0.4, -0.2) is 13.5 Å². The smallest absolute Gasteiger partial charge is 0.262 e. The van der Waals surface area contributed by atoms with E-state index in [2.05, 4.69) is 20.7 Å². The topological polar surface area (TPSA) is 66.4 Å². The Morgan fingerprint density at radius 3 is 2.79 bits per heavy atom. The number of benzene rings is 1. The van der Waals surface area contributed by atoms with Crippen LogP contribution in [0.2, 0.25) is 0 Å². The summed E-state index contributed by atoms with van der Waals surface area (Å²) in [4.78, 5) is 0.785. The lowest BCUT2D eigenvalue weighted by atomic mass is 10.2. The number of rotatable bonds is 4. The zero-order valence-electron chi connectivity index (χ0n) is 10.1. The van der Waals surface area contributed by atoms with Crippen molar-refractivity contribution >= 4 is 43.0 Å². The molecule has 102 valence electrons. The lowest BCUT2D eigenvalue weighted by Crippen LogP contribution is -2.13. The Morgan fingerprint density at radius 2 is 2.16 bits per heavy atom. The highest BCUT2D eigenvalue weighted by atomic mass is 79.9. The zero-order valence-corrected chi connectivity index (χ0v) is 13.3. The summed E-state index contributed by atoms with van der Waals surface area (Å²) < 4.78 is 27.8. The number of aliphatic hydroxyl groups excluding tert-OH is 1. The molecule has 0 aliphatic carbocycles. The molecule has 0 saturated heterocycles. The van der Waals surface area contributed by atoms with Crippen molar-refractivity contribution < 1.29 is 13.5 Å². The molecule has 1 heterocycles. The second kappa shape index (κ2) is 5.62. The summed E-state index contributed by atoms with van der Waals surface area (Å²) in [6, 6.07) is 6.79. The number of aliphatic hydroxyl groups is 1. The number of hydrogen-bond acceptors (Lipinski definition) is 4. The summed E-state index contributed by atoms with van der Waals surface area (Å²) >= 11 is 4.58. The minimum Gasteiger partial charge on any atom is -0.391 e. The molecular formula is C12H12BrNO3S2. The van der Waals surface area contributed by atoms with Crippen molar-refractivity contribution in [3.05, 3.63) is 44.6 Å². The zero-order chi connectivity index (χ0) is 14.0. The van der Waals surface area contributed by atoms with Crippen LogP contribution >= 0.6 is 27.3 Å².